The summed E-state index contributed by atoms with van der Waals surface area (Å²) in [4.78, 5) is 4.04. The van der Waals surface area contributed by atoms with Gasteiger partial charge in [0.05, 0.1) is 6.33 Å². The lowest BCUT2D eigenvalue weighted by atomic mass is 9.99. The minimum absolute atomic E-state index is 0.831. The van der Waals surface area contributed by atoms with Gasteiger partial charge in [0.2, 0.25) is 0 Å². The van der Waals surface area contributed by atoms with Crippen LogP contribution in [0.4, 0.5) is 0 Å². The summed E-state index contributed by atoms with van der Waals surface area (Å²) in [5, 5.41) is 0. The molecular weight excluding hydrogens is 304 g/mol. The number of benzene rings is 1. The van der Waals surface area contributed by atoms with E-state index >= 15 is 0 Å². The summed E-state index contributed by atoms with van der Waals surface area (Å²) in [5.41, 5.74) is 4.60. The Kier molecular flexibility index (Phi) is 22.1. The SMILES string of the molecule is C=Cc1ccc(Cn2ccnc2)cc1C(=C)C.CC.CC.CC.CC. The molecule has 0 N–H and O–H groups in total. The zero-order chi connectivity index (χ0) is 20.3. The summed E-state index contributed by atoms with van der Waals surface area (Å²) in [5.74, 6) is 0. The van der Waals surface area contributed by atoms with Crippen molar-refractivity contribution in [3.8, 4) is 0 Å². The highest BCUT2D eigenvalue weighted by Crippen LogP contribution is 2.20. The Hall–Kier alpha value is -2.09. The molecule has 0 aliphatic rings. The van der Waals surface area contributed by atoms with Gasteiger partial charge in [-0.15, -0.1) is 0 Å². The molecule has 0 amide bonds. The summed E-state index contributed by atoms with van der Waals surface area (Å²) < 4.78 is 2.05. The molecule has 142 valence electrons. The highest BCUT2D eigenvalue weighted by molar-refractivity contribution is 5.71. The fourth-order valence-corrected chi connectivity index (χ4v) is 1.84. The van der Waals surface area contributed by atoms with Crippen LogP contribution in [0.3, 0.4) is 0 Å². The molecule has 0 aliphatic heterocycles. The molecule has 0 aliphatic carbocycles. The smallest absolute Gasteiger partial charge is 0.0949 e. The van der Waals surface area contributed by atoms with Crippen LogP contribution in [0.15, 0.2) is 50.1 Å². The second kappa shape index (κ2) is 20.0. The third-order valence-corrected chi connectivity index (χ3v) is 2.72. The van der Waals surface area contributed by atoms with Crippen LogP contribution >= 0.6 is 0 Å². The Balaban J connectivity index is -0.000000533. The van der Waals surface area contributed by atoms with Crippen LogP contribution < -0.4 is 0 Å². The molecule has 1 aromatic heterocycles. The first kappa shape index (κ1) is 27.7. The van der Waals surface area contributed by atoms with Gasteiger partial charge in [0.1, 0.15) is 0 Å². The molecule has 25 heavy (non-hydrogen) atoms. The van der Waals surface area contributed by atoms with Crippen molar-refractivity contribution in [1.82, 2.24) is 9.55 Å². The monoisotopic (exact) mass is 344 g/mol. The molecule has 1 aromatic carbocycles. The Labute approximate surface area is 157 Å². The van der Waals surface area contributed by atoms with Crippen molar-refractivity contribution in [3.05, 3.63) is 66.8 Å². The van der Waals surface area contributed by atoms with Crippen LogP contribution in [-0.2, 0) is 6.54 Å². The van der Waals surface area contributed by atoms with Crippen molar-refractivity contribution in [1.29, 1.82) is 0 Å². The zero-order valence-electron chi connectivity index (χ0n) is 18.1. The van der Waals surface area contributed by atoms with E-state index in [0.717, 1.165) is 23.2 Å². The molecule has 2 aromatic rings. The van der Waals surface area contributed by atoms with Gasteiger partial charge in [-0.25, -0.2) is 4.98 Å². The van der Waals surface area contributed by atoms with Gasteiger partial charge in [-0.2, -0.15) is 0 Å². The van der Waals surface area contributed by atoms with E-state index in [9.17, 15) is 0 Å². The highest BCUT2D eigenvalue weighted by Gasteiger charge is 2.02. The summed E-state index contributed by atoms with van der Waals surface area (Å²) >= 11 is 0. The Morgan fingerprint density at radius 2 is 1.60 bits per heavy atom. The van der Waals surface area contributed by atoms with Gasteiger partial charge >= 0.3 is 0 Å². The van der Waals surface area contributed by atoms with E-state index in [1.165, 1.54) is 5.56 Å². The summed E-state index contributed by atoms with van der Waals surface area (Å²) in [7, 11) is 0. The summed E-state index contributed by atoms with van der Waals surface area (Å²) in [6.07, 6.45) is 7.44. The van der Waals surface area contributed by atoms with Gasteiger partial charge in [-0.3, -0.25) is 0 Å². The quantitative estimate of drug-likeness (QED) is 0.555. The minimum Gasteiger partial charge on any atom is -0.333 e. The van der Waals surface area contributed by atoms with Crippen LogP contribution in [0.5, 0.6) is 0 Å². The van der Waals surface area contributed by atoms with Gasteiger partial charge in [0.25, 0.3) is 0 Å². The number of nitrogens with zero attached hydrogens (tertiary/aromatic N) is 2. The Morgan fingerprint density at radius 3 is 2.00 bits per heavy atom. The summed E-state index contributed by atoms with van der Waals surface area (Å²) in [6, 6.07) is 6.37. The van der Waals surface area contributed by atoms with Crippen LogP contribution in [0.25, 0.3) is 11.6 Å². The number of hydrogen-bond donors (Lipinski definition) is 0. The average Bonchev–Trinajstić information content (AvgIpc) is 3.21. The second-order valence-corrected chi connectivity index (χ2v) is 4.14. The highest BCUT2D eigenvalue weighted by atomic mass is 15.0. The third-order valence-electron chi connectivity index (χ3n) is 2.72. The maximum Gasteiger partial charge on any atom is 0.0949 e. The fourth-order valence-electron chi connectivity index (χ4n) is 1.84. The molecule has 2 rings (SSSR count). The molecule has 0 bridgehead atoms. The Morgan fingerprint density at radius 1 is 1.04 bits per heavy atom. The first-order valence-corrected chi connectivity index (χ1v) is 9.57. The molecule has 2 heteroatoms. The van der Waals surface area contributed by atoms with Crippen LogP contribution in [0, 0.1) is 0 Å². The van der Waals surface area contributed by atoms with Crippen molar-refractivity contribution in [2.45, 2.75) is 68.9 Å². The van der Waals surface area contributed by atoms with E-state index in [1.807, 2.05) is 85.5 Å². The Bertz CT molecular complexity index is 537. The van der Waals surface area contributed by atoms with E-state index in [4.69, 9.17) is 0 Å². The average molecular weight is 345 g/mol. The first-order valence-electron chi connectivity index (χ1n) is 9.57. The minimum atomic E-state index is 0.831. The predicted molar refractivity (Wildman–Crippen MR) is 118 cm³/mol. The lowest BCUT2D eigenvalue weighted by molar-refractivity contribution is 0.797. The number of rotatable bonds is 4. The molecule has 0 atom stereocenters. The second-order valence-electron chi connectivity index (χ2n) is 4.14. The molecule has 0 spiro atoms. The van der Waals surface area contributed by atoms with Gasteiger partial charge in [-0.1, -0.05) is 92.3 Å². The largest absolute Gasteiger partial charge is 0.333 e. The number of aromatic nitrogens is 2. The number of allylic oxidation sites excluding steroid dienone is 1. The topological polar surface area (TPSA) is 17.8 Å². The fraction of sp³-hybridized carbons (Fsp3) is 0.435. The van der Waals surface area contributed by atoms with Gasteiger partial charge in [0, 0.05) is 18.9 Å². The normalized spacial score (nSPS) is 7.88. The molecule has 1 heterocycles. The van der Waals surface area contributed by atoms with E-state index in [1.54, 1.807) is 6.20 Å². The molecule has 0 unspecified atom stereocenters. The first-order chi connectivity index (χ1) is 12.2. The maximum absolute atomic E-state index is 4.04. The van der Waals surface area contributed by atoms with Crippen LogP contribution in [0.1, 0.15) is 79.0 Å². The van der Waals surface area contributed by atoms with Gasteiger partial charge in [0.15, 0.2) is 0 Å². The molecule has 0 saturated carbocycles. The number of hydrogen-bond acceptors (Lipinski definition) is 1. The van der Waals surface area contributed by atoms with Gasteiger partial charge < -0.3 is 4.57 Å². The molecular formula is C23H40N2. The number of imidazole rings is 1. The third kappa shape index (κ3) is 11.1. The van der Waals surface area contributed by atoms with E-state index < -0.39 is 0 Å². The lowest BCUT2D eigenvalue weighted by Crippen LogP contribution is -1.98. The van der Waals surface area contributed by atoms with Crippen molar-refractivity contribution in [3.63, 3.8) is 0 Å². The molecule has 0 saturated heterocycles. The molecule has 2 nitrogen and oxygen atoms in total. The molecule has 0 fully saturated rings. The van der Waals surface area contributed by atoms with Crippen molar-refractivity contribution in [2.75, 3.05) is 0 Å². The zero-order valence-corrected chi connectivity index (χ0v) is 18.1. The van der Waals surface area contributed by atoms with Crippen molar-refractivity contribution in [2.24, 2.45) is 0 Å². The lowest BCUT2D eigenvalue weighted by Gasteiger charge is -2.09. The molecule has 0 radical (unpaired) electrons. The van der Waals surface area contributed by atoms with Crippen molar-refractivity contribution < 1.29 is 0 Å². The summed E-state index contributed by atoms with van der Waals surface area (Å²) in [6.45, 7) is 26.7. The standard InChI is InChI=1S/C15H16N2.4C2H6/c1-4-14-6-5-13(9-15(14)12(2)3)10-17-8-7-16-11-17;4*1-2/h4-9,11H,1-2,10H2,3H3;4*1-2H3. The van der Waals surface area contributed by atoms with Gasteiger partial charge in [-0.05, 0) is 29.7 Å². The van der Waals surface area contributed by atoms with Crippen LogP contribution in [-0.4, -0.2) is 9.55 Å². The van der Waals surface area contributed by atoms with Crippen molar-refractivity contribution >= 4 is 11.6 Å². The van der Waals surface area contributed by atoms with E-state index in [2.05, 4.69) is 36.3 Å². The van der Waals surface area contributed by atoms with E-state index in [0.29, 0.717) is 0 Å². The predicted octanol–water partition coefficient (Wildman–Crippen LogP) is 7.71. The maximum atomic E-state index is 4.04. The van der Waals surface area contributed by atoms with E-state index in [-0.39, 0.29) is 0 Å². The van der Waals surface area contributed by atoms with Crippen LogP contribution in [0.2, 0.25) is 0 Å².